The lowest BCUT2D eigenvalue weighted by Gasteiger charge is -2.31. The summed E-state index contributed by atoms with van der Waals surface area (Å²) in [6.45, 7) is 3.90. The molecule has 0 amide bonds. The molecule has 1 aromatic carbocycles. The van der Waals surface area contributed by atoms with Gasteiger partial charge in [0.25, 0.3) is 0 Å². The van der Waals surface area contributed by atoms with Crippen molar-refractivity contribution < 1.29 is 22.4 Å². The van der Waals surface area contributed by atoms with Gasteiger partial charge >= 0.3 is 0 Å². The number of aldehydes is 1. The number of hydrogen-bond donors (Lipinski definition) is 0. The number of hydrogen-bond acceptors (Lipinski definition) is 1. The topological polar surface area (TPSA) is 17.1 Å². The van der Waals surface area contributed by atoms with Crippen molar-refractivity contribution in [2.75, 3.05) is 0 Å². The first-order valence-corrected chi connectivity index (χ1v) is 11.4. The van der Waals surface area contributed by atoms with Crippen LogP contribution in [-0.4, -0.2) is 6.29 Å². The van der Waals surface area contributed by atoms with Gasteiger partial charge in [-0.15, -0.1) is 6.58 Å². The summed E-state index contributed by atoms with van der Waals surface area (Å²) in [5.74, 6) is -3.48. The van der Waals surface area contributed by atoms with Crippen molar-refractivity contribution >= 4 is 6.29 Å². The van der Waals surface area contributed by atoms with Crippen LogP contribution in [0.3, 0.4) is 0 Å². The van der Waals surface area contributed by atoms with Crippen molar-refractivity contribution in [3.63, 3.8) is 0 Å². The smallest absolute Gasteiger partial charge is 0.172 e. The van der Waals surface area contributed by atoms with Crippen molar-refractivity contribution in [1.82, 2.24) is 0 Å². The van der Waals surface area contributed by atoms with Crippen LogP contribution in [0.5, 0.6) is 0 Å². The average Bonchev–Trinajstić information content (AvgIpc) is 2.78. The van der Waals surface area contributed by atoms with Gasteiger partial charge in [0.05, 0.1) is 5.56 Å². The molecule has 2 aliphatic carbocycles. The van der Waals surface area contributed by atoms with E-state index in [0.717, 1.165) is 31.6 Å². The SMILES string of the molecule is C=CC1CCC(CCC2CCC(CCc3c(F)c(F)c(C=O)c(F)c3F)CC2)CC1. The molecule has 0 N–H and O–H groups in total. The van der Waals surface area contributed by atoms with Gasteiger partial charge in [0.15, 0.2) is 29.6 Å². The van der Waals surface area contributed by atoms with Gasteiger partial charge in [0.1, 0.15) is 0 Å². The first-order valence-electron chi connectivity index (χ1n) is 11.4. The zero-order valence-corrected chi connectivity index (χ0v) is 17.6. The summed E-state index contributed by atoms with van der Waals surface area (Å²) in [5.41, 5.74) is -1.75. The second-order valence-electron chi connectivity index (χ2n) is 9.29. The van der Waals surface area contributed by atoms with Gasteiger partial charge in [-0.3, -0.25) is 4.79 Å². The van der Waals surface area contributed by atoms with Crippen molar-refractivity contribution in [1.29, 1.82) is 0 Å². The van der Waals surface area contributed by atoms with Crippen LogP contribution in [0.1, 0.15) is 86.6 Å². The highest BCUT2D eigenvalue weighted by Gasteiger charge is 2.27. The molecule has 166 valence electrons. The number of carbonyl (C=O) groups excluding carboxylic acids is 1. The Kier molecular flexibility index (Phi) is 8.13. The number of rotatable bonds is 8. The van der Waals surface area contributed by atoms with Gasteiger partial charge in [-0.05, 0) is 62.2 Å². The summed E-state index contributed by atoms with van der Waals surface area (Å²) in [6.07, 6.45) is 14.3. The van der Waals surface area contributed by atoms with Gasteiger partial charge in [0.2, 0.25) is 0 Å². The van der Waals surface area contributed by atoms with Gasteiger partial charge < -0.3 is 0 Å². The molecule has 1 nitrogen and oxygen atoms in total. The Labute approximate surface area is 176 Å². The Morgan fingerprint density at radius 1 is 0.700 bits per heavy atom. The molecular formula is C25H32F4O. The summed E-state index contributed by atoms with van der Waals surface area (Å²) in [4.78, 5) is 10.7. The first kappa shape index (κ1) is 23.0. The van der Waals surface area contributed by atoms with Gasteiger partial charge in [-0.1, -0.05) is 44.6 Å². The fourth-order valence-electron chi connectivity index (χ4n) is 5.36. The van der Waals surface area contributed by atoms with Crippen LogP contribution in [-0.2, 0) is 6.42 Å². The van der Waals surface area contributed by atoms with E-state index in [2.05, 4.69) is 12.7 Å². The van der Waals surface area contributed by atoms with Crippen LogP contribution in [0.4, 0.5) is 17.6 Å². The lowest BCUT2D eigenvalue weighted by atomic mass is 9.75. The summed E-state index contributed by atoms with van der Waals surface area (Å²) >= 11 is 0. The molecule has 0 unspecified atom stereocenters. The van der Waals surface area contributed by atoms with E-state index in [0.29, 0.717) is 24.2 Å². The highest BCUT2D eigenvalue weighted by atomic mass is 19.2. The van der Waals surface area contributed by atoms with Crippen LogP contribution >= 0.6 is 0 Å². The lowest BCUT2D eigenvalue weighted by molar-refractivity contribution is 0.111. The van der Waals surface area contributed by atoms with Crippen molar-refractivity contribution in [2.45, 2.75) is 77.0 Å². The van der Waals surface area contributed by atoms with Crippen LogP contribution in [0, 0.1) is 46.9 Å². The standard InChI is InChI=1S/C25H32F4O/c1-2-16-3-5-17(6-4-16)7-8-18-9-11-19(12-10-18)13-14-20-22(26)24(28)21(15-30)25(29)23(20)27/h2,15-19H,1,3-14H2. The quantitative estimate of drug-likeness (QED) is 0.182. The predicted octanol–water partition coefficient (Wildman–Crippen LogP) is 7.57. The summed E-state index contributed by atoms with van der Waals surface area (Å²) in [5, 5.41) is 0. The molecule has 0 aliphatic heterocycles. The number of allylic oxidation sites excluding steroid dienone is 1. The van der Waals surface area contributed by atoms with E-state index in [1.165, 1.54) is 38.5 Å². The molecule has 0 aromatic heterocycles. The second-order valence-corrected chi connectivity index (χ2v) is 9.29. The van der Waals surface area contributed by atoms with E-state index in [9.17, 15) is 22.4 Å². The summed E-state index contributed by atoms with van der Waals surface area (Å²) < 4.78 is 55.7. The minimum Gasteiger partial charge on any atom is -0.298 e. The van der Waals surface area contributed by atoms with Crippen molar-refractivity contribution in [3.05, 3.63) is 47.1 Å². The number of halogens is 4. The maximum Gasteiger partial charge on any atom is 0.172 e. The molecule has 0 radical (unpaired) electrons. The van der Waals surface area contributed by atoms with E-state index in [1.807, 2.05) is 0 Å². The van der Waals surface area contributed by atoms with E-state index in [-0.39, 0.29) is 12.7 Å². The Balaban J connectivity index is 1.43. The molecule has 3 rings (SSSR count). The second kappa shape index (κ2) is 10.6. The fraction of sp³-hybridized carbons (Fsp3) is 0.640. The molecule has 2 aliphatic rings. The average molecular weight is 425 g/mol. The minimum absolute atomic E-state index is 0.0491. The Morgan fingerprint density at radius 3 is 1.57 bits per heavy atom. The van der Waals surface area contributed by atoms with Crippen LogP contribution in [0.25, 0.3) is 0 Å². The largest absolute Gasteiger partial charge is 0.298 e. The zero-order valence-electron chi connectivity index (χ0n) is 17.6. The Hall–Kier alpha value is -1.65. The Morgan fingerprint density at radius 2 is 1.13 bits per heavy atom. The van der Waals surface area contributed by atoms with Crippen LogP contribution in [0.2, 0.25) is 0 Å². The van der Waals surface area contributed by atoms with E-state index in [4.69, 9.17) is 0 Å². The van der Waals surface area contributed by atoms with E-state index < -0.39 is 34.4 Å². The third-order valence-electron chi connectivity index (χ3n) is 7.48. The lowest BCUT2D eigenvalue weighted by Crippen LogP contribution is -2.18. The minimum atomic E-state index is -1.59. The number of benzene rings is 1. The van der Waals surface area contributed by atoms with E-state index in [1.54, 1.807) is 0 Å². The highest BCUT2D eigenvalue weighted by Crippen LogP contribution is 2.38. The molecule has 2 saturated carbocycles. The molecule has 0 saturated heterocycles. The molecule has 1 aromatic rings. The molecule has 0 atom stereocenters. The third kappa shape index (κ3) is 5.33. The molecule has 0 spiro atoms. The molecular weight excluding hydrogens is 392 g/mol. The monoisotopic (exact) mass is 424 g/mol. The highest BCUT2D eigenvalue weighted by molar-refractivity contribution is 5.76. The number of carbonyl (C=O) groups is 1. The first-order chi connectivity index (χ1) is 14.4. The Bertz CT molecular complexity index is 715. The summed E-state index contributed by atoms with van der Waals surface area (Å²) in [6, 6.07) is 0. The maximum atomic E-state index is 14.1. The van der Waals surface area contributed by atoms with E-state index >= 15 is 0 Å². The van der Waals surface area contributed by atoms with Crippen LogP contribution < -0.4 is 0 Å². The van der Waals surface area contributed by atoms with Gasteiger partial charge in [-0.2, -0.15) is 0 Å². The van der Waals surface area contributed by atoms with Crippen LogP contribution in [0.15, 0.2) is 12.7 Å². The van der Waals surface area contributed by atoms with Gasteiger partial charge in [-0.25, -0.2) is 17.6 Å². The zero-order chi connectivity index (χ0) is 21.7. The molecule has 0 bridgehead atoms. The fourth-order valence-corrected chi connectivity index (χ4v) is 5.36. The molecule has 2 fully saturated rings. The van der Waals surface area contributed by atoms with Crippen molar-refractivity contribution in [3.8, 4) is 0 Å². The molecule has 30 heavy (non-hydrogen) atoms. The maximum absolute atomic E-state index is 14.1. The predicted molar refractivity (Wildman–Crippen MR) is 110 cm³/mol. The van der Waals surface area contributed by atoms with Crippen molar-refractivity contribution in [2.24, 2.45) is 23.7 Å². The van der Waals surface area contributed by atoms with Gasteiger partial charge in [0, 0.05) is 5.56 Å². The summed E-state index contributed by atoms with van der Waals surface area (Å²) in [7, 11) is 0. The normalized spacial score (nSPS) is 27.1. The molecule has 5 heteroatoms. The third-order valence-corrected chi connectivity index (χ3v) is 7.48. The molecule has 0 heterocycles.